The zero-order chi connectivity index (χ0) is 13.3. The normalized spacial score (nSPS) is 16.5. The maximum absolute atomic E-state index is 7.69. The third-order valence-electron chi connectivity index (χ3n) is 1.60. The molecule has 0 saturated heterocycles. The van der Waals surface area contributed by atoms with E-state index in [1.807, 2.05) is 0 Å². The molecule has 1 aromatic carbocycles. The minimum absolute atomic E-state index is 0.0997. The van der Waals surface area contributed by atoms with Crippen LogP contribution in [0.4, 0.5) is 0 Å². The van der Waals surface area contributed by atoms with Crippen LogP contribution in [0, 0.1) is 0 Å². The van der Waals surface area contributed by atoms with Gasteiger partial charge < -0.3 is 15.2 Å². The van der Waals surface area contributed by atoms with Gasteiger partial charge in [-0.2, -0.15) is 0 Å². The lowest BCUT2D eigenvalue weighted by molar-refractivity contribution is 0.354. The number of ether oxygens (including phenoxy) is 2. The van der Waals surface area contributed by atoms with Gasteiger partial charge in [0.25, 0.3) is 0 Å². The van der Waals surface area contributed by atoms with Crippen LogP contribution < -0.4 is 15.2 Å². The number of hydrogen-bond donors (Lipinski definition) is 1. The Balaban J connectivity index is 3.25. The topological polar surface area (TPSA) is 44.5 Å². The van der Waals surface area contributed by atoms with Crippen molar-refractivity contribution >= 4 is 0 Å². The molecule has 1 aromatic rings. The lowest BCUT2D eigenvalue weighted by Crippen LogP contribution is -2.03. The van der Waals surface area contributed by atoms with E-state index in [2.05, 4.69) is 0 Å². The van der Waals surface area contributed by atoms with Gasteiger partial charge in [0.2, 0.25) is 0 Å². The number of hydrogen-bond acceptors (Lipinski definition) is 3. The lowest BCUT2D eigenvalue weighted by Gasteiger charge is -2.08. The Kier molecular flexibility index (Phi) is 2.00. The molecule has 2 N–H and O–H groups in total. The highest BCUT2D eigenvalue weighted by atomic mass is 16.5. The zero-order valence-electron chi connectivity index (χ0n) is 11.6. The summed E-state index contributed by atoms with van der Waals surface area (Å²) in [6.45, 7) is -2.48. The van der Waals surface area contributed by atoms with Crippen LogP contribution in [-0.4, -0.2) is 20.7 Å². The molecule has 0 heterocycles. The van der Waals surface area contributed by atoms with E-state index >= 15 is 0 Å². The van der Waals surface area contributed by atoms with Crippen molar-refractivity contribution in [1.82, 2.24) is 0 Å². The van der Waals surface area contributed by atoms with Crippen LogP contribution in [0.5, 0.6) is 11.5 Å². The van der Waals surface area contributed by atoms with Gasteiger partial charge in [-0.25, -0.2) is 0 Å². The molecule has 0 radical (unpaired) electrons. The molecule has 0 amide bonds. The molecular weight excluding hydrogens is 166 g/mol. The van der Waals surface area contributed by atoms with Crippen LogP contribution in [0.3, 0.4) is 0 Å². The molecule has 13 heavy (non-hydrogen) atoms. The summed E-state index contributed by atoms with van der Waals surface area (Å²) < 4.78 is 40.0. The molecule has 0 bridgehead atoms. The Labute approximate surface area is 84.1 Å². The maximum Gasteiger partial charge on any atom is 0.160 e. The molecular formula is C10H15NO2. The van der Waals surface area contributed by atoms with Crippen LogP contribution in [-0.2, 0) is 6.37 Å². The molecule has 3 heteroatoms. The Morgan fingerprint density at radius 1 is 1.31 bits per heavy atom. The molecule has 0 aromatic heterocycles. The number of methoxy groups -OCH3 is 2. The molecule has 0 saturated carbocycles. The minimum Gasteiger partial charge on any atom is -0.493 e. The van der Waals surface area contributed by atoms with Crippen LogP contribution in [0.15, 0.2) is 18.2 Å². The van der Waals surface area contributed by atoms with Gasteiger partial charge >= 0.3 is 0 Å². The smallest absolute Gasteiger partial charge is 0.160 e. The lowest BCUT2D eigenvalue weighted by atomic mass is 10.1. The number of benzene rings is 1. The molecule has 0 aliphatic rings. The summed E-state index contributed by atoms with van der Waals surface area (Å²) in [6, 6.07) is 4.31. The number of nitrogens with two attached hydrogens (primary N) is 1. The minimum atomic E-state index is -2.48. The summed E-state index contributed by atoms with van der Waals surface area (Å²) >= 11 is 0. The molecule has 3 nitrogen and oxygen atoms in total. The van der Waals surface area contributed by atoms with Gasteiger partial charge in [-0.15, -0.1) is 0 Å². The second kappa shape index (κ2) is 4.72. The van der Waals surface area contributed by atoms with Crippen molar-refractivity contribution in [3.8, 4) is 11.5 Å². The predicted octanol–water partition coefficient (Wildman–Crippen LogP) is 1.20. The van der Waals surface area contributed by atoms with Crippen LogP contribution in [0.25, 0.3) is 0 Å². The fourth-order valence-electron chi connectivity index (χ4n) is 0.997. The van der Waals surface area contributed by atoms with Gasteiger partial charge in [0.05, 0.1) is 14.2 Å². The largest absolute Gasteiger partial charge is 0.493 e. The first-order chi connectivity index (χ1) is 7.74. The van der Waals surface area contributed by atoms with Crippen molar-refractivity contribution in [2.24, 2.45) is 5.73 Å². The van der Waals surface area contributed by atoms with Crippen molar-refractivity contribution < 1.29 is 15.0 Å². The summed E-state index contributed by atoms with van der Waals surface area (Å²) in [7, 11) is 2.89. The molecule has 0 aliphatic heterocycles. The van der Waals surface area contributed by atoms with E-state index in [0.717, 1.165) is 0 Å². The summed E-state index contributed by atoms with van der Waals surface area (Å²) in [5.74, 6) is 0.780. The third kappa shape index (κ3) is 2.36. The molecule has 0 aliphatic carbocycles. The maximum atomic E-state index is 7.69. The molecule has 0 spiro atoms. The van der Waals surface area contributed by atoms with E-state index in [0.29, 0.717) is 11.5 Å². The number of aryl methyl sites for hydroxylation is 1. The van der Waals surface area contributed by atoms with Crippen molar-refractivity contribution in [1.29, 1.82) is 0 Å². The van der Waals surface area contributed by atoms with Crippen LogP contribution in [0.2, 0.25) is 0 Å². The Hall–Kier alpha value is -1.22. The number of rotatable bonds is 4. The first kappa shape index (κ1) is 5.50. The van der Waals surface area contributed by atoms with E-state index in [-0.39, 0.29) is 5.56 Å². The third-order valence-corrected chi connectivity index (χ3v) is 1.60. The van der Waals surface area contributed by atoms with Crippen molar-refractivity contribution in [3.63, 3.8) is 0 Å². The summed E-state index contributed by atoms with van der Waals surface area (Å²) in [4.78, 5) is 0. The summed E-state index contributed by atoms with van der Waals surface area (Å²) in [6.07, 6.45) is -2.31. The Bertz CT molecular complexity index is 404. The van der Waals surface area contributed by atoms with Gasteiger partial charge in [-0.3, -0.25) is 0 Å². The highest BCUT2D eigenvalue weighted by Gasteiger charge is 2.03. The van der Waals surface area contributed by atoms with E-state index in [1.165, 1.54) is 32.4 Å². The first-order valence-electron chi connectivity index (χ1n) is 5.75. The zero-order valence-corrected chi connectivity index (χ0v) is 7.63. The second-order valence-corrected chi connectivity index (χ2v) is 2.34. The summed E-state index contributed by atoms with van der Waals surface area (Å²) in [5.41, 5.74) is 5.29. The van der Waals surface area contributed by atoms with Crippen LogP contribution >= 0.6 is 0 Å². The second-order valence-electron chi connectivity index (χ2n) is 2.34. The molecule has 0 atom stereocenters. The highest BCUT2D eigenvalue weighted by Crippen LogP contribution is 2.27. The average Bonchev–Trinajstić information content (AvgIpc) is 2.26. The fraction of sp³-hybridized carbons (Fsp3) is 0.400. The molecule has 72 valence electrons. The fourth-order valence-corrected chi connectivity index (χ4v) is 0.997. The molecule has 0 fully saturated rings. The average molecular weight is 185 g/mol. The monoisotopic (exact) mass is 185 g/mol. The highest BCUT2D eigenvalue weighted by molar-refractivity contribution is 5.42. The van der Waals surface area contributed by atoms with Gasteiger partial charge in [0.1, 0.15) is 0 Å². The van der Waals surface area contributed by atoms with E-state index in [1.54, 1.807) is 0 Å². The van der Waals surface area contributed by atoms with Crippen LogP contribution in [0.1, 0.15) is 11.0 Å². The van der Waals surface area contributed by atoms with E-state index < -0.39 is 12.9 Å². The molecule has 0 unspecified atom stereocenters. The van der Waals surface area contributed by atoms with E-state index in [4.69, 9.17) is 20.7 Å². The predicted molar refractivity (Wildman–Crippen MR) is 52.3 cm³/mol. The van der Waals surface area contributed by atoms with Gasteiger partial charge in [0, 0.05) is 5.48 Å². The van der Waals surface area contributed by atoms with Crippen molar-refractivity contribution in [3.05, 3.63) is 23.8 Å². The van der Waals surface area contributed by atoms with Gasteiger partial charge in [-0.1, -0.05) is 6.07 Å². The van der Waals surface area contributed by atoms with Gasteiger partial charge in [-0.05, 0) is 30.6 Å². The quantitative estimate of drug-likeness (QED) is 0.766. The van der Waals surface area contributed by atoms with E-state index in [9.17, 15) is 0 Å². The van der Waals surface area contributed by atoms with Crippen molar-refractivity contribution in [2.75, 3.05) is 20.7 Å². The Morgan fingerprint density at radius 3 is 2.54 bits per heavy atom. The summed E-state index contributed by atoms with van der Waals surface area (Å²) in [5, 5.41) is 0. The first-order valence-corrected chi connectivity index (χ1v) is 3.75. The van der Waals surface area contributed by atoms with Crippen molar-refractivity contribution in [2.45, 2.75) is 6.37 Å². The molecule has 1 rings (SSSR count). The standard InChI is InChI=1S/C10H15NO2/c1-12-9-4-3-8(5-6-11)7-10(9)13-2/h3-4,7H,5-6,11H2,1-2H3/i5D2,6D2. The Morgan fingerprint density at radius 2 is 2.00 bits per heavy atom. The SMILES string of the molecule is [2H]C([2H])(N)C([2H])([2H])c1ccc(OC)c(OC)c1. The van der Waals surface area contributed by atoms with Gasteiger partial charge in [0.15, 0.2) is 11.5 Å².